The van der Waals surface area contributed by atoms with Crippen LogP contribution < -0.4 is 0 Å². The molecule has 1 heterocycles. The number of rotatable bonds is 5. The molecule has 0 aromatic heterocycles. The normalized spacial score (nSPS) is 34.0. The molecule has 2 aromatic rings. The minimum atomic E-state index is -0.148. The van der Waals surface area contributed by atoms with E-state index in [9.17, 15) is 9.18 Å². The standard InChI is InChI=1S/C29H34FNO/c30-24-11-8-22-7-6-19(14-23(22)16-24)15-28(32)29-26-17-31(18-27(26)29)25-12-9-21(10-13-25)20-4-2-1-3-5-20/h1-5,8,11,16,19,21,25-27,29H,6-7,9-10,12-15,17-18H2/t19?,21?,25?,26-,27+,29?. The van der Waals surface area contributed by atoms with E-state index in [4.69, 9.17) is 0 Å². The molecule has 2 saturated carbocycles. The highest BCUT2D eigenvalue weighted by Crippen LogP contribution is 2.54. The van der Waals surface area contributed by atoms with E-state index in [2.05, 4.69) is 35.2 Å². The Bertz CT molecular complexity index is 968. The molecule has 4 atom stereocenters. The Morgan fingerprint density at radius 3 is 2.41 bits per heavy atom. The van der Waals surface area contributed by atoms with Gasteiger partial charge < -0.3 is 0 Å². The first-order chi connectivity index (χ1) is 15.7. The van der Waals surface area contributed by atoms with Crippen molar-refractivity contribution in [2.75, 3.05) is 13.1 Å². The lowest BCUT2D eigenvalue weighted by molar-refractivity contribution is -0.122. The monoisotopic (exact) mass is 431 g/mol. The maximum atomic E-state index is 13.6. The summed E-state index contributed by atoms with van der Waals surface area (Å²) >= 11 is 0. The number of fused-ring (bicyclic) bond motifs is 2. The van der Waals surface area contributed by atoms with Gasteiger partial charge in [-0.2, -0.15) is 0 Å². The predicted molar refractivity (Wildman–Crippen MR) is 125 cm³/mol. The number of halogens is 1. The summed E-state index contributed by atoms with van der Waals surface area (Å²) in [6, 6.07) is 16.9. The fourth-order valence-corrected chi connectivity index (χ4v) is 7.23. The molecule has 6 rings (SSSR count). The molecule has 2 aromatic carbocycles. The van der Waals surface area contributed by atoms with E-state index < -0.39 is 0 Å². The predicted octanol–water partition coefficient (Wildman–Crippen LogP) is 5.79. The summed E-state index contributed by atoms with van der Waals surface area (Å²) in [4.78, 5) is 15.8. The number of carbonyl (C=O) groups excluding carboxylic acids is 1. The van der Waals surface area contributed by atoms with Gasteiger partial charge >= 0.3 is 0 Å². The molecule has 1 saturated heterocycles. The van der Waals surface area contributed by atoms with Crippen molar-refractivity contribution in [1.29, 1.82) is 0 Å². The quantitative estimate of drug-likeness (QED) is 0.597. The summed E-state index contributed by atoms with van der Waals surface area (Å²) < 4.78 is 13.6. The zero-order valence-corrected chi connectivity index (χ0v) is 18.9. The van der Waals surface area contributed by atoms with Gasteiger partial charge in [0.05, 0.1) is 0 Å². The minimum absolute atomic E-state index is 0.148. The van der Waals surface area contributed by atoms with Crippen molar-refractivity contribution in [3.05, 3.63) is 71.0 Å². The molecule has 3 heteroatoms. The lowest BCUT2D eigenvalue weighted by Gasteiger charge is -2.36. The van der Waals surface area contributed by atoms with Crippen LogP contribution in [0, 0.1) is 29.5 Å². The van der Waals surface area contributed by atoms with E-state index in [-0.39, 0.29) is 5.82 Å². The first kappa shape index (κ1) is 20.6. The van der Waals surface area contributed by atoms with Crippen LogP contribution in [-0.2, 0) is 17.6 Å². The minimum Gasteiger partial charge on any atom is -0.300 e. The summed E-state index contributed by atoms with van der Waals surface area (Å²) in [5.74, 6) is 3.03. The van der Waals surface area contributed by atoms with E-state index in [1.807, 2.05) is 6.07 Å². The van der Waals surface area contributed by atoms with Crippen molar-refractivity contribution in [1.82, 2.24) is 4.90 Å². The summed E-state index contributed by atoms with van der Waals surface area (Å²) in [5.41, 5.74) is 3.91. The number of Topliss-reactive ketones (excluding diaryl/α,β-unsaturated/α-hetero) is 1. The average Bonchev–Trinajstić information content (AvgIpc) is 3.33. The topological polar surface area (TPSA) is 20.3 Å². The molecule has 2 nitrogen and oxygen atoms in total. The number of aryl methyl sites for hydroxylation is 1. The van der Waals surface area contributed by atoms with Crippen LogP contribution in [0.1, 0.15) is 61.1 Å². The first-order valence-corrected chi connectivity index (χ1v) is 12.7. The van der Waals surface area contributed by atoms with Gasteiger partial charge in [0.1, 0.15) is 11.6 Å². The molecule has 1 aliphatic heterocycles. The molecule has 0 radical (unpaired) electrons. The van der Waals surface area contributed by atoms with E-state index >= 15 is 0 Å². The van der Waals surface area contributed by atoms with Gasteiger partial charge in [-0.25, -0.2) is 4.39 Å². The van der Waals surface area contributed by atoms with E-state index in [1.54, 1.807) is 12.1 Å². The third kappa shape index (κ3) is 3.94. The van der Waals surface area contributed by atoms with Crippen LogP contribution in [0.3, 0.4) is 0 Å². The third-order valence-electron chi connectivity index (χ3n) is 9.07. The van der Waals surface area contributed by atoms with Crippen LogP contribution >= 0.6 is 0 Å². The third-order valence-corrected chi connectivity index (χ3v) is 9.07. The molecular formula is C29H34FNO. The van der Waals surface area contributed by atoms with Crippen molar-refractivity contribution < 1.29 is 9.18 Å². The molecular weight excluding hydrogens is 397 g/mol. The highest BCUT2D eigenvalue weighted by atomic mass is 19.1. The van der Waals surface area contributed by atoms with Crippen LogP contribution in [-0.4, -0.2) is 29.8 Å². The van der Waals surface area contributed by atoms with Gasteiger partial charge in [-0.3, -0.25) is 9.69 Å². The Kier molecular flexibility index (Phi) is 5.41. The molecule has 4 aliphatic rings. The second-order valence-electron chi connectivity index (χ2n) is 10.9. The Morgan fingerprint density at radius 2 is 1.66 bits per heavy atom. The van der Waals surface area contributed by atoms with Crippen molar-refractivity contribution >= 4 is 5.78 Å². The maximum absolute atomic E-state index is 13.6. The van der Waals surface area contributed by atoms with Crippen molar-refractivity contribution in [2.24, 2.45) is 23.7 Å². The summed E-state index contributed by atoms with van der Waals surface area (Å²) in [7, 11) is 0. The van der Waals surface area contributed by atoms with E-state index in [1.165, 1.54) is 36.8 Å². The van der Waals surface area contributed by atoms with Gasteiger partial charge in [0, 0.05) is 31.5 Å². The number of hydrogen-bond acceptors (Lipinski definition) is 2. The summed E-state index contributed by atoms with van der Waals surface area (Å²) in [6.07, 6.45) is 8.84. The first-order valence-electron chi connectivity index (χ1n) is 12.7. The maximum Gasteiger partial charge on any atom is 0.136 e. The molecule has 2 unspecified atom stereocenters. The van der Waals surface area contributed by atoms with Crippen LogP contribution in [0.15, 0.2) is 48.5 Å². The molecule has 0 spiro atoms. The number of ketones is 1. The molecule has 0 N–H and O–H groups in total. The van der Waals surface area contributed by atoms with Crippen LogP contribution in [0.4, 0.5) is 4.39 Å². The molecule has 32 heavy (non-hydrogen) atoms. The fraction of sp³-hybridized carbons (Fsp3) is 0.552. The number of hydrogen-bond donors (Lipinski definition) is 0. The SMILES string of the molecule is O=C(CC1CCc2ccc(F)cc2C1)C1[C@H]2CN(C3CCC(c4ccccc4)CC3)C[C@@H]12. The smallest absolute Gasteiger partial charge is 0.136 e. The highest BCUT2D eigenvalue weighted by Gasteiger charge is 2.59. The zero-order valence-electron chi connectivity index (χ0n) is 18.9. The van der Waals surface area contributed by atoms with Gasteiger partial charge in [-0.05, 0) is 97.4 Å². The van der Waals surface area contributed by atoms with Crippen LogP contribution in [0.25, 0.3) is 0 Å². The molecule has 0 amide bonds. The van der Waals surface area contributed by atoms with Gasteiger partial charge in [0.2, 0.25) is 0 Å². The van der Waals surface area contributed by atoms with E-state index in [0.717, 1.165) is 49.9 Å². The Morgan fingerprint density at radius 1 is 0.906 bits per heavy atom. The number of carbonyl (C=O) groups is 1. The van der Waals surface area contributed by atoms with Gasteiger partial charge in [-0.15, -0.1) is 0 Å². The number of piperidine rings is 1. The second-order valence-corrected chi connectivity index (χ2v) is 10.9. The summed E-state index contributed by atoms with van der Waals surface area (Å²) in [5, 5.41) is 0. The van der Waals surface area contributed by atoms with Crippen molar-refractivity contribution in [2.45, 2.75) is 63.3 Å². The Balaban J connectivity index is 0.978. The summed E-state index contributed by atoms with van der Waals surface area (Å²) in [6.45, 7) is 2.28. The van der Waals surface area contributed by atoms with E-state index in [0.29, 0.717) is 35.9 Å². The van der Waals surface area contributed by atoms with Gasteiger partial charge in [-0.1, -0.05) is 36.4 Å². The zero-order chi connectivity index (χ0) is 21.7. The number of likely N-dealkylation sites (tertiary alicyclic amines) is 1. The Hall–Kier alpha value is -2.00. The van der Waals surface area contributed by atoms with Crippen molar-refractivity contribution in [3.8, 4) is 0 Å². The van der Waals surface area contributed by atoms with Gasteiger partial charge in [0.25, 0.3) is 0 Å². The largest absolute Gasteiger partial charge is 0.300 e. The number of benzene rings is 2. The lowest BCUT2D eigenvalue weighted by Crippen LogP contribution is -2.38. The second kappa shape index (κ2) is 8.41. The number of nitrogens with zero attached hydrogens (tertiary/aromatic N) is 1. The molecule has 3 aliphatic carbocycles. The van der Waals surface area contributed by atoms with Gasteiger partial charge in [0.15, 0.2) is 0 Å². The fourth-order valence-electron chi connectivity index (χ4n) is 7.23. The van der Waals surface area contributed by atoms with Crippen LogP contribution in [0.5, 0.6) is 0 Å². The lowest BCUT2D eigenvalue weighted by atomic mass is 9.80. The highest BCUT2D eigenvalue weighted by molar-refractivity contribution is 5.85. The molecule has 168 valence electrons. The molecule has 0 bridgehead atoms. The van der Waals surface area contributed by atoms with Crippen LogP contribution in [0.2, 0.25) is 0 Å². The Labute approximate surface area is 191 Å². The molecule has 3 fully saturated rings. The average molecular weight is 432 g/mol. The van der Waals surface area contributed by atoms with Crippen molar-refractivity contribution in [3.63, 3.8) is 0 Å².